The Bertz CT molecular complexity index is 1060. The zero-order chi connectivity index (χ0) is 19.9. The molecule has 1 aromatic heterocycles. The van der Waals surface area contributed by atoms with E-state index in [1.807, 2.05) is 0 Å². The molecule has 1 atom stereocenters. The average molecular weight is 417 g/mol. The quantitative estimate of drug-likeness (QED) is 0.236. The van der Waals surface area contributed by atoms with Crippen molar-refractivity contribution in [2.45, 2.75) is 12.6 Å². The van der Waals surface area contributed by atoms with Gasteiger partial charge < -0.3 is 0 Å². The van der Waals surface area contributed by atoms with E-state index in [1.165, 1.54) is 11.3 Å². The summed E-state index contributed by atoms with van der Waals surface area (Å²) in [6.45, 7) is 3.70. The van der Waals surface area contributed by atoms with E-state index in [-0.39, 0.29) is 11.7 Å². The van der Waals surface area contributed by atoms with Crippen LogP contribution < -0.4 is 0 Å². The molecule has 9 heteroatoms. The molecule has 3 aromatic rings. The normalized spacial score (nSPS) is 11.9. The molecule has 0 amide bonds. The van der Waals surface area contributed by atoms with E-state index in [0.717, 1.165) is 10.1 Å². The molecule has 1 unspecified atom stereocenters. The van der Waals surface area contributed by atoms with Gasteiger partial charge in [0.15, 0.2) is 23.3 Å². The summed E-state index contributed by atoms with van der Waals surface area (Å²) >= 11 is 1.23. The molecule has 0 fully saturated rings. The molecule has 0 radical (unpaired) electrons. The summed E-state index contributed by atoms with van der Waals surface area (Å²) in [5.74, 6) is -9.92. The van der Waals surface area contributed by atoms with Crippen molar-refractivity contribution in [1.29, 1.82) is 0 Å². The number of benzene rings is 2. The number of hydrogen-bond acceptors (Lipinski definition) is 2. The molecule has 0 saturated heterocycles. The van der Waals surface area contributed by atoms with Gasteiger partial charge in [-0.15, -0.1) is 11.3 Å². The minimum Gasteiger partial charge on any atom is -0.203 e. The van der Waals surface area contributed by atoms with E-state index in [2.05, 4.69) is 6.58 Å². The van der Waals surface area contributed by atoms with Crippen molar-refractivity contribution < 1.29 is 31.4 Å². The van der Waals surface area contributed by atoms with E-state index in [9.17, 15) is 26.5 Å². The van der Waals surface area contributed by atoms with Gasteiger partial charge in [-0.25, -0.2) is 22.0 Å². The maximum atomic E-state index is 13.8. The number of allylic oxidation sites excluding steroid dienone is 1. The van der Waals surface area contributed by atoms with Crippen molar-refractivity contribution in [3.8, 4) is 0 Å². The average Bonchev–Trinajstić information content (AvgIpc) is 3.04. The first kappa shape index (κ1) is 19.6. The van der Waals surface area contributed by atoms with Crippen molar-refractivity contribution in [3.05, 3.63) is 75.9 Å². The largest absolute Gasteiger partial charge is 0.510 e. The second-order valence-corrected chi connectivity index (χ2v) is 7.93. The molecule has 0 spiro atoms. The second-order valence-electron chi connectivity index (χ2n) is 5.82. The number of halogens is 5. The van der Waals surface area contributed by atoms with Crippen LogP contribution in [-0.2, 0) is 17.1 Å². The van der Waals surface area contributed by atoms with Gasteiger partial charge in [-0.3, -0.25) is 0 Å². The molecule has 0 saturated carbocycles. The standard InChI is InChI=1S/C18H10F5O2PS/c1-8(4-11-14(19)16(21)18(23)17(22)15(11)20)13-6-10-5-9(7-26(24)25)2-3-12(10)27-13/h2-3,5-6H,1,4,7H2/p+1. The monoisotopic (exact) mass is 417 g/mol. The van der Waals surface area contributed by atoms with Crippen LogP contribution in [-0.4, -0.2) is 4.89 Å². The Morgan fingerprint density at radius 1 is 1.00 bits per heavy atom. The topological polar surface area (TPSA) is 37.3 Å². The summed E-state index contributed by atoms with van der Waals surface area (Å²) in [4.78, 5) is 9.50. The van der Waals surface area contributed by atoms with Gasteiger partial charge in [-0.05, 0) is 33.7 Å². The lowest BCUT2D eigenvalue weighted by molar-refractivity contribution is 0.372. The molecule has 0 bridgehead atoms. The van der Waals surface area contributed by atoms with E-state index < -0.39 is 49.1 Å². The van der Waals surface area contributed by atoms with Crippen molar-refractivity contribution in [2.24, 2.45) is 0 Å². The Labute approximate surface area is 155 Å². The van der Waals surface area contributed by atoms with Crippen LogP contribution in [0.2, 0.25) is 0 Å². The molecule has 27 heavy (non-hydrogen) atoms. The minimum absolute atomic E-state index is 0.0119. The van der Waals surface area contributed by atoms with Crippen LogP contribution in [0.1, 0.15) is 16.0 Å². The van der Waals surface area contributed by atoms with Crippen molar-refractivity contribution in [2.75, 3.05) is 0 Å². The highest BCUT2D eigenvalue weighted by Gasteiger charge is 2.26. The van der Waals surface area contributed by atoms with Gasteiger partial charge in [0, 0.05) is 27.1 Å². The first-order chi connectivity index (χ1) is 12.7. The van der Waals surface area contributed by atoms with Gasteiger partial charge >= 0.3 is 8.03 Å². The fraction of sp³-hybridized carbons (Fsp3) is 0.111. The second kappa shape index (κ2) is 7.46. The molecule has 140 valence electrons. The van der Waals surface area contributed by atoms with Gasteiger partial charge in [0.05, 0.1) is 0 Å². The van der Waals surface area contributed by atoms with E-state index in [4.69, 9.17) is 4.89 Å². The SMILES string of the molecule is C=C(Cc1c(F)c(F)c(F)c(F)c1F)c1cc2cc(C[P+](=O)O)ccc2s1. The lowest BCUT2D eigenvalue weighted by atomic mass is 10.0. The smallest absolute Gasteiger partial charge is 0.203 e. The third-order valence-corrected chi connectivity index (χ3v) is 5.79. The highest BCUT2D eigenvalue weighted by Crippen LogP contribution is 2.35. The zero-order valence-electron chi connectivity index (χ0n) is 13.5. The molecule has 2 aromatic carbocycles. The number of thiophene rings is 1. The van der Waals surface area contributed by atoms with Crippen LogP contribution in [0.25, 0.3) is 15.7 Å². The van der Waals surface area contributed by atoms with Crippen LogP contribution >= 0.6 is 19.4 Å². The molecule has 0 aliphatic rings. The third-order valence-electron chi connectivity index (χ3n) is 3.94. The third kappa shape index (κ3) is 3.78. The summed E-state index contributed by atoms with van der Waals surface area (Å²) in [6, 6.07) is 6.76. The Morgan fingerprint density at radius 2 is 1.59 bits per heavy atom. The molecular weight excluding hydrogens is 406 g/mol. The van der Waals surface area contributed by atoms with Crippen LogP contribution in [0.4, 0.5) is 22.0 Å². The van der Waals surface area contributed by atoms with Gasteiger partial charge in [-0.1, -0.05) is 12.6 Å². The number of fused-ring (bicyclic) bond motifs is 1. The number of hydrogen-bond donors (Lipinski definition) is 1. The summed E-state index contributed by atoms with van der Waals surface area (Å²) in [5.41, 5.74) is -0.109. The van der Waals surface area contributed by atoms with Crippen LogP contribution in [0.3, 0.4) is 0 Å². The lowest BCUT2D eigenvalue weighted by Crippen LogP contribution is -2.07. The Morgan fingerprint density at radius 3 is 2.19 bits per heavy atom. The Hall–Kier alpha value is -2.15. The van der Waals surface area contributed by atoms with E-state index >= 15 is 0 Å². The Balaban J connectivity index is 1.94. The predicted octanol–water partition coefficient (Wildman–Crippen LogP) is 6.09. The predicted molar refractivity (Wildman–Crippen MR) is 94.3 cm³/mol. The molecule has 3 rings (SSSR count). The summed E-state index contributed by atoms with van der Waals surface area (Å²) < 4.78 is 79.2. The molecule has 2 nitrogen and oxygen atoms in total. The Kier molecular flexibility index (Phi) is 5.42. The molecule has 0 aliphatic heterocycles. The first-order valence-corrected chi connectivity index (χ1v) is 9.75. The molecule has 1 N–H and O–H groups in total. The summed E-state index contributed by atoms with van der Waals surface area (Å²) in [5, 5.41) is 0.725. The van der Waals surface area contributed by atoms with Gasteiger partial charge in [-0.2, -0.15) is 4.89 Å². The maximum Gasteiger partial charge on any atom is 0.510 e. The highest BCUT2D eigenvalue weighted by molar-refractivity contribution is 7.37. The molecule has 0 aliphatic carbocycles. The maximum absolute atomic E-state index is 13.8. The zero-order valence-corrected chi connectivity index (χ0v) is 15.2. The number of rotatable bonds is 5. The molecular formula is C18H11F5O2PS+. The van der Waals surface area contributed by atoms with Crippen LogP contribution in [0, 0.1) is 29.1 Å². The summed E-state index contributed by atoms with van der Waals surface area (Å²) in [6.07, 6.45) is -0.560. The van der Waals surface area contributed by atoms with Crippen LogP contribution in [0.15, 0.2) is 30.8 Å². The fourth-order valence-electron chi connectivity index (χ4n) is 2.63. The van der Waals surface area contributed by atoms with Gasteiger partial charge in [0.25, 0.3) is 0 Å². The molecule has 1 heterocycles. The van der Waals surface area contributed by atoms with Crippen molar-refractivity contribution in [3.63, 3.8) is 0 Å². The van der Waals surface area contributed by atoms with Crippen LogP contribution in [0.5, 0.6) is 0 Å². The van der Waals surface area contributed by atoms with E-state index in [0.29, 0.717) is 10.4 Å². The highest BCUT2D eigenvalue weighted by atomic mass is 32.1. The van der Waals surface area contributed by atoms with Gasteiger partial charge in [0.2, 0.25) is 12.0 Å². The lowest BCUT2D eigenvalue weighted by Gasteiger charge is -2.09. The van der Waals surface area contributed by atoms with Crippen molar-refractivity contribution >= 4 is 35.0 Å². The summed E-state index contributed by atoms with van der Waals surface area (Å²) in [7, 11) is -2.34. The fourth-order valence-corrected chi connectivity index (χ4v) is 4.15. The first-order valence-electron chi connectivity index (χ1n) is 7.53. The van der Waals surface area contributed by atoms with E-state index in [1.54, 1.807) is 24.3 Å². The van der Waals surface area contributed by atoms with Crippen molar-refractivity contribution in [1.82, 2.24) is 0 Å². The minimum atomic E-state index is -2.34. The van der Waals surface area contributed by atoms with Gasteiger partial charge in [0.1, 0.15) is 0 Å².